The van der Waals surface area contributed by atoms with Gasteiger partial charge in [-0.15, -0.1) is 0 Å². The van der Waals surface area contributed by atoms with Crippen LogP contribution in [0.3, 0.4) is 0 Å². The molecule has 2 atom stereocenters. The van der Waals surface area contributed by atoms with Gasteiger partial charge in [0.25, 0.3) is 0 Å². The minimum Gasteiger partial charge on any atom is -0.399 e. The standard InChI is InChI=1S/C13H23IN2O2/c1-13(2,3)7-11-10(8-14)9-16(12(11)17)6-5-15-18-4/h5,10-11H,6-9H2,1-4H3/b15-5+. The van der Waals surface area contributed by atoms with Crippen molar-refractivity contribution in [3.8, 4) is 0 Å². The number of hydrogen-bond acceptors (Lipinski definition) is 3. The van der Waals surface area contributed by atoms with Gasteiger partial charge in [-0.1, -0.05) is 48.5 Å². The van der Waals surface area contributed by atoms with E-state index in [9.17, 15) is 4.79 Å². The van der Waals surface area contributed by atoms with E-state index in [-0.39, 0.29) is 17.2 Å². The summed E-state index contributed by atoms with van der Waals surface area (Å²) in [7, 11) is 1.51. The van der Waals surface area contributed by atoms with Crippen molar-refractivity contribution >= 4 is 34.7 Å². The Labute approximate surface area is 123 Å². The van der Waals surface area contributed by atoms with E-state index in [1.165, 1.54) is 7.11 Å². The van der Waals surface area contributed by atoms with Gasteiger partial charge in [0.1, 0.15) is 7.11 Å². The molecule has 0 spiro atoms. The molecule has 1 aliphatic rings. The molecule has 0 N–H and O–H groups in total. The Balaban J connectivity index is 2.67. The number of nitrogens with zero attached hydrogens (tertiary/aromatic N) is 2. The van der Waals surface area contributed by atoms with Gasteiger partial charge in [-0.3, -0.25) is 4.79 Å². The zero-order chi connectivity index (χ0) is 13.8. The van der Waals surface area contributed by atoms with Crippen LogP contribution < -0.4 is 0 Å². The fraction of sp³-hybridized carbons (Fsp3) is 0.846. The average molecular weight is 366 g/mol. The Morgan fingerprint density at radius 3 is 2.72 bits per heavy atom. The van der Waals surface area contributed by atoms with E-state index in [1.54, 1.807) is 6.21 Å². The van der Waals surface area contributed by atoms with Crippen molar-refractivity contribution in [1.29, 1.82) is 0 Å². The molecular formula is C13H23IN2O2. The molecule has 1 fully saturated rings. The normalized spacial score (nSPS) is 25.2. The third-order valence-electron chi connectivity index (χ3n) is 3.17. The first-order valence-corrected chi connectivity index (χ1v) is 7.81. The number of likely N-dealkylation sites (tertiary alicyclic amines) is 1. The molecule has 1 rings (SSSR count). The summed E-state index contributed by atoms with van der Waals surface area (Å²) in [6, 6.07) is 0. The van der Waals surface area contributed by atoms with E-state index >= 15 is 0 Å². The summed E-state index contributed by atoms with van der Waals surface area (Å²) >= 11 is 2.38. The van der Waals surface area contributed by atoms with Crippen LogP contribution in [0.25, 0.3) is 0 Å². The monoisotopic (exact) mass is 366 g/mol. The number of rotatable bonds is 5. The summed E-state index contributed by atoms with van der Waals surface area (Å²) in [5, 5.41) is 3.70. The smallest absolute Gasteiger partial charge is 0.226 e. The van der Waals surface area contributed by atoms with Crippen LogP contribution >= 0.6 is 22.6 Å². The number of carbonyl (C=O) groups excluding carboxylic acids is 1. The zero-order valence-electron chi connectivity index (χ0n) is 11.6. The molecule has 2 unspecified atom stereocenters. The van der Waals surface area contributed by atoms with E-state index in [2.05, 4.69) is 53.4 Å². The first-order chi connectivity index (χ1) is 8.39. The number of halogens is 1. The third kappa shape index (κ3) is 4.40. The Morgan fingerprint density at radius 1 is 1.56 bits per heavy atom. The molecule has 0 aliphatic carbocycles. The molecule has 1 saturated heterocycles. The summed E-state index contributed by atoms with van der Waals surface area (Å²) in [4.78, 5) is 18.9. The van der Waals surface area contributed by atoms with Crippen molar-refractivity contribution in [1.82, 2.24) is 4.90 Å². The topological polar surface area (TPSA) is 41.9 Å². The van der Waals surface area contributed by atoms with Gasteiger partial charge in [-0.25, -0.2) is 0 Å². The Hall–Kier alpha value is -0.330. The van der Waals surface area contributed by atoms with Gasteiger partial charge in [0.2, 0.25) is 5.91 Å². The maximum absolute atomic E-state index is 12.4. The van der Waals surface area contributed by atoms with Crippen LogP contribution in [-0.4, -0.2) is 41.6 Å². The van der Waals surface area contributed by atoms with Gasteiger partial charge in [0, 0.05) is 16.9 Å². The second-order valence-electron chi connectivity index (χ2n) is 6.00. The second-order valence-corrected chi connectivity index (χ2v) is 6.88. The summed E-state index contributed by atoms with van der Waals surface area (Å²) < 4.78 is 1.03. The van der Waals surface area contributed by atoms with Gasteiger partial charge in [-0.05, 0) is 17.8 Å². The summed E-state index contributed by atoms with van der Waals surface area (Å²) in [5.41, 5.74) is 0.195. The molecule has 104 valence electrons. The van der Waals surface area contributed by atoms with E-state index < -0.39 is 0 Å². The van der Waals surface area contributed by atoms with E-state index in [1.807, 2.05) is 4.90 Å². The van der Waals surface area contributed by atoms with Crippen molar-refractivity contribution in [2.24, 2.45) is 22.4 Å². The Kier molecular flexibility index (Phi) is 5.88. The highest BCUT2D eigenvalue weighted by Gasteiger charge is 2.40. The van der Waals surface area contributed by atoms with E-state index in [0.29, 0.717) is 12.5 Å². The lowest BCUT2D eigenvalue weighted by atomic mass is 9.80. The largest absolute Gasteiger partial charge is 0.399 e. The minimum atomic E-state index is 0.165. The van der Waals surface area contributed by atoms with Crippen LogP contribution in [-0.2, 0) is 9.63 Å². The molecule has 0 saturated carbocycles. The molecule has 0 aromatic carbocycles. The van der Waals surface area contributed by atoms with Crippen molar-refractivity contribution < 1.29 is 9.63 Å². The van der Waals surface area contributed by atoms with Crippen molar-refractivity contribution in [2.45, 2.75) is 27.2 Å². The quantitative estimate of drug-likeness (QED) is 0.325. The Bertz CT molecular complexity index is 313. The van der Waals surface area contributed by atoms with Gasteiger partial charge in [-0.2, -0.15) is 0 Å². The van der Waals surface area contributed by atoms with Crippen LogP contribution in [0.2, 0.25) is 0 Å². The summed E-state index contributed by atoms with van der Waals surface area (Å²) in [6.45, 7) is 7.98. The van der Waals surface area contributed by atoms with Gasteiger partial charge < -0.3 is 9.74 Å². The van der Waals surface area contributed by atoms with Gasteiger partial charge in [0.05, 0.1) is 12.8 Å². The predicted octanol–water partition coefficient (Wildman–Crippen LogP) is 2.56. The SMILES string of the molecule is CO/N=C/CN1CC(CI)C(CC(C)(C)C)C1=O. The van der Waals surface area contributed by atoms with Crippen LogP contribution in [0.1, 0.15) is 27.2 Å². The maximum atomic E-state index is 12.4. The predicted molar refractivity (Wildman–Crippen MR) is 82.0 cm³/mol. The molecule has 4 nitrogen and oxygen atoms in total. The maximum Gasteiger partial charge on any atom is 0.226 e. The third-order valence-corrected chi connectivity index (χ3v) is 4.30. The van der Waals surface area contributed by atoms with Crippen LogP contribution in [0.5, 0.6) is 0 Å². The first kappa shape index (κ1) is 15.7. The first-order valence-electron chi connectivity index (χ1n) is 6.29. The molecule has 0 aromatic heterocycles. The van der Waals surface area contributed by atoms with Crippen LogP contribution in [0, 0.1) is 17.3 Å². The summed E-state index contributed by atoms with van der Waals surface area (Å²) in [5.74, 6) is 0.903. The average Bonchev–Trinajstić information content (AvgIpc) is 2.56. The van der Waals surface area contributed by atoms with Gasteiger partial charge >= 0.3 is 0 Å². The summed E-state index contributed by atoms with van der Waals surface area (Å²) in [6.07, 6.45) is 2.61. The number of alkyl halides is 1. The lowest BCUT2D eigenvalue weighted by Gasteiger charge is -2.24. The minimum absolute atomic E-state index is 0.165. The van der Waals surface area contributed by atoms with E-state index in [4.69, 9.17) is 0 Å². The van der Waals surface area contributed by atoms with Gasteiger partial charge in [0.15, 0.2) is 0 Å². The molecule has 0 bridgehead atoms. The molecular weight excluding hydrogens is 343 g/mol. The van der Waals surface area contributed by atoms with Crippen molar-refractivity contribution in [3.05, 3.63) is 0 Å². The fourth-order valence-electron chi connectivity index (χ4n) is 2.38. The van der Waals surface area contributed by atoms with Crippen LogP contribution in [0.4, 0.5) is 0 Å². The van der Waals surface area contributed by atoms with Crippen molar-refractivity contribution in [3.63, 3.8) is 0 Å². The highest BCUT2D eigenvalue weighted by molar-refractivity contribution is 14.1. The Morgan fingerprint density at radius 2 is 2.22 bits per heavy atom. The zero-order valence-corrected chi connectivity index (χ0v) is 13.8. The molecule has 1 aliphatic heterocycles. The molecule has 1 amide bonds. The van der Waals surface area contributed by atoms with Crippen LogP contribution in [0.15, 0.2) is 5.16 Å². The molecule has 1 heterocycles. The number of carbonyl (C=O) groups is 1. The van der Waals surface area contributed by atoms with E-state index in [0.717, 1.165) is 17.4 Å². The fourth-order valence-corrected chi connectivity index (χ4v) is 3.27. The highest BCUT2D eigenvalue weighted by atomic mass is 127. The molecule has 5 heteroatoms. The number of oxime groups is 1. The molecule has 0 radical (unpaired) electrons. The van der Waals surface area contributed by atoms with Crippen molar-refractivity contribution in [2.75, 3.05) is 24.6 Å². The lowest BCUT2D eigenvalue weighted by Crippen LogP contribution is -2.30. The molecule has 0 aromatic rings. The lowest BCUT2D eigenvalue weighted by molar-refractivity contribution is -0.131. The number of amides is 1. The number of hydrogen-bond donors (Lipinski definition) is 0. The molecule has 18 heavy (non-hydrogen) atoms. The second kappa shape index (κ2) is 6.73. The highest BCUT2D eigenvalue weighted by Crippen LogP contribution is 2.35.